The molecule has 0 saturated carbocycles. The molecule has 0 aliphatic rings. The molecule has 0 amide bonds. The van der Waals surface area contributed by atoms with Crippen LogP contribution in [0.1, 0.15) is 25.3 Å². The first kappa shape index (κ1) is 12.3. The van der Waals surface area contributed by atoms with Crippen molar-refractivity contribution in [1.29, 1.82) is 0 Å². The van der Waals surface area contributed by atoms with Crippen molar-refractivity contribution in [2.24, 2.45) is 0 Å². The summed E-state index contributed by atoms with van der Waals surface area (Å²) < 4.78 is 0. The number of aromatic nitrogens is 2. The van der Waals surface area contributed by atoms with Crippen LogP contribution in [0.4, 0.5) is 5.82 Å². The highest BCUT2D eigenvalue weighted by Gasteiger charge is 2.12. The molecule has 0 fully saturated rings. The predicted octanol–water partition coefficient (Wildman–Crippen LogP) is 3.42. The Kier molecular flexibility index (Phi) is 4.36. The van der Waals surface area contributed by atoms with Crippen LogP contribution in [-0.2, 0) is 0 Å². The van der Waals surface area contributed by atoms with Gasteiger partial charge in [0.1, 0.15) is 17.3 Å². The Hall–Kier alpha value is -0.800. The molecular weight excluding hydrogens is 233 g/mol. The molecule has 0 bridgehead atoms. The standard InChI is InChI=1S/C10H13Cl2N3/c1-6(2)8-9(12)14-5-15-10(8)13-4-7(3)11/h5-6H,3-4H2,1-2H3,(H,13,14,15). The molecule has 0 unspecified atom stereocenters. The van der Waals surface area contributed by atoms with E-state index in [0.717, 1.165) is 5.56 Å². The number of anilines is 1. The first-order chi connectivity index (χ1) is 7.02. The Balaban J connectivity index is 2.95. The maximum Gasteiger partial charge on any atom is 0.138 e. The first-order valence-electron chi connectivity index (χ1n) is 4.60. The third kappa shape index (κ3) is 3.36. The predicted molar refractivity (Wildman–Crippen MR) is 64.6 cm³/mol. The Labute approximate surface area is 99.5 Å². The minimum Gasteiger partial charge on any atom is -0.365 e. The lowest BCUT2D eigenvalue weighted by atomic mass is 10.1. The zero-order chi connectivity index (χ0) is 11.4. The van der Waals surface area contributed by atoms with Crippen LogP contribution >= 0.6 is 23.2 Å². The average Bonchev–Trinajstić information content (AvgIpc) is 2.13. The summed E-state index contributed by atoms with van der Waals surface area (Å²) in [6.07, 6.45) is 1.42. The average molecular weight is 246 g/mol. The molecule has 1 N–H and O–H groups in total. The molecular formula is C10H13Cl2N3. The molecule has 0 aliphatic carbocycles. The van der Waals surface area contributed by atoms with Crippen LogP contribution in [-0.4, -0.2) is 16.5 Å². The van der Waals surface area contributed by atoms with Crippen molar-refractivity contribution in [3.8, 4) is 0 Å². The van der Waals surface area contributed by atoms with Crippen molar-refractivity contribution in [2.45, 2.75) is 19.8 Å². The van der Waals surface area contributed by atoms with E-state index in [4.69, 9.17) is 23.2 Å². The largest absolute Gasteiger partial charge is 0.365 e. The summed E-state index contributed by atoms with van der Waals surface area (Å²) in [6, 6.07) is 0. The van der Waals surface area contributed by atoms with Gasteiger partial charge in [-0.15, -0.1) is 0 Å². The van der Waals surface area contributed by atoms with Gasteiger partial charge in [-0.1, -0.05) is 43.6 Å². The third-order valence-corrected chi connectivity index (χ3v) is 2.30. The summed E-state index contributed by atoms with van der Waals surface area (Å²) in [4.78, 5) is 8.07. The third-order valence-electron chi connectivity index (χ3n) is 1.86. The van der Waals surface area contributed by atoms with E-state index in [2.05, 4.69) is 21.9 Å². The number of nitrogens with one attached hydrogen (secondary N) is 1. The van der Waals surface area contributed by atoms with Gasteiger partial charge in [0.15, 0.2) is 0 Å². The van der Waals surface area contributed by atoms with Gasteiger partial charge in [0.2, 0.25) is 0 Å². The molecule has 0 atom stereocenters. The quantitative estimate of drug-likeness (QED) is 0.827. The van der Waals surface area contributed by atoms with Crippen LogP contribution in [0.15, 0.2) is 17.9 Å². The molecule has 0 radical (unpaired) electrons. The molecule has 0 spiro atoms. The number of rotatable bonds is 4. The van der Waals surface area contributed by atoms with Crippen molar-refractivity contribution in [3.63, 3.8) is 0 Å². The summed E-state index contributed by atoms with van der Waals surface area (Å²) >= 11 is 11.7. The van der Waals surface area contributed by atoms with Crippen molar-refractivity contribution in [2.75, 3.05) is 11.9 Å². The van der Waals surface area contributed by atoms with E-state index in [-0.39, 0.29) is 5.92 Å². The number of halogens is 2. The van der Waals surface area contributed by atoms with Gasteiger partial charge in [-0.05, 0) is 5.92 Å². The highest BCUT2D eigenvalue weighted by Crippen LogP contribution is 2.27. The zero-order valence-electron chi connectivity index (χ0n) is 8.72. The molecule has 1 heterocycles. The van der Waals surface area contributed by atoms with Crippen LogP contribution in [0, 0.1) is 0 Å². The van der Waals surface area contributed by atoms with Crippen molar-refractivity contribution in [1.82, 2.24) is 9.97 Å². The van der Waals surface area contributed by atoms with Crippen LogP contribution in [0.5, 0.6) is 0 Å². The molecule has 82 valence electrons. The number of hydrogen-bond donors (Lipinski definition) is 1. The summed E-state index contributed by atoms with van der Waals surface area (Å²) in [5.41, 5.74) is 0.900. The smallest absolute Gasteiger partial charge is 0.138 e. The van der Waals surface area contributed by atoms with E-state index in [1.807, 2.05) is 13.8 Å². The molecule has 1 rings (SSSR count). The molecule has 0 aromatic carbocycles. The lowest BCUT2D eigenvalue weighted by molar-refractivity contribution is 0.847. The summed E-state index contributed by atoms with van der Waals surface area (Å²) in [7, 11) is 0. The Morgan fingerprint density at radius 1 is 1.53 bits per heavy atom. The highest BCUT2D eigenvalue weighted by atomic mass is 35.5. The van der Waals surface area contributed by atoms with Gasteiger partial charge >= 0.3 is 0 Å². The minimum atomic E-state index is 0.254. The second-order valence-corrected chi connectivity index (χ2v) is 4.34. The van der Waals surface area contributed by atoms with Crippen molar-refractivity contribution < 1.29 is 0 Å². The molecule has 15 heavy (non-hydrogen) atoms. The van der Waals surface area contributed by atoms with Crippen molar-refractivity contribution in [3.05, 3.63) is 28.7 Å². The molecule has 1 aromatic rings. The van der Waals surface area contributed by atoms with Gasteiger partial charge in [-0.25, -0.2) is 9.97 Å². The first-order valence-corrected chi connectivity index (χ1v) is 5.35. The normalized spacial score (nSPS) is 10.5. The van der Waals surface area contributed by atoms with Gasteiger partial charge in [0, 0.05) is 10.6 Å². The topological polar surface area (TPSA) is 37.8 Å². The van der Waals surface area contributed by atoms with E-state index >= 15 is 0 Å². The summed E-state index contributed by atoms with van der Waals surface area (Å²) in [6.45, 7) is 8.13. The highest BCUT2D eigenvalue weighted by molar-refractivity contribution is 6.30. The Morgan fingerprint density at radius 2 is 2.20 bits per heavy atom. The Bertz CT molecular complexity index is 364. The molecule has 3 nitrogen and oxygen atoms in total. The number of nitrogens with zero attached hydrogens (tertiary/aromatic N) is 2. The van der Waals surface area contributed by atoms with E-state index < -0.39 is 0 Å². The minimum absolute atomic E-state index is 0.254. The lowest BCUT2D eigenvalue weighted by Crippen LogP contribution is -2.08. The van der Waals surface area contributed by atoms with Crippen molar-refractivity contribution >= 4 is 29.0 Å². The van der Waals surface area contributed by atoms with Crippen LogP contribution in [0.25, 0.3) is 0 Å². The van der Waals surface area contributed by atoms with Crippen LogP contribution in [0.2, 0.25) is 5.15 Å². The van der Waals surface area contributed by atoms with Gasteiger partial charge in [-0.3, -0.25) is 0 Å². The van der Waals surface area contributed by atoms with Gasteiger partial charge < -0.3 is 5.32 Å². The summed E-state index contributed by atoms with van der Waals surface area (Å²) in [5, 5.41) is 4.07. The second-order valence-electron chi connectivity index (χ2n) is 3.45. The van der Waals surface area contributed by atoms with Crippen LogP contribution < -0.4 is 5.32 Å². The fourth-order valence-electron chi connectivity index (χ4n) is 1.21. The summed E-state index contributed by atoms with van der Waals surface area (Å²) in [5.74, 6) is 0.969. The van der Waals surface area contributed by atoms with E-state index in [9.17, 15) is 0 Å². The second kappa shape index (κ2) is 5.33. The molecule has 0 aliphatic heterocycles. The molecule has 1 aromatic heterocycles. The molecule has 0 saturated heterocycles. The van der Waals surface area contributed by atoms with Crippen LogP contribution in [0.3, 0.4) is 0 Å². The maximum atomic E-state index is 5.99. The lowest BCUT2D eigenvalue weighted by Gasteiger charge is -2.13. The van der Waals surface area contributed by atoms with Gasteiger partial charge in [-0.2, -0.15) is 0 Å². The Morgan fingerprint density at radius 3 is 2.73 bits per heavy atom. The SMILES string of the molecule is C=C(Cl)CNc1ncnc(Cl)c1C(C)C. The fourth-order valence-corrected chi connectivity index (χ4v) is 1.62. The van der Waals surface area contributed by atoms with E-state index in [1.54, 1.807) is 0 Å². The van der Waals surface area contributed by atoms with Gasteiger partial charge in [0.25, 0.3) is 0 Å². The van der Waals surface area contributed by atoms with Gasteiger partial charge in [0.05, 0.1) is 6.54 Å². The monoisotopic (exact) mass is 245 g/mol. The van der Waals surface area contributed by atoms with E-state index in [1.165, 1.54) is 6.33 Å². The molecule has 5 heteroatoms. The maximum absolute atomic E-state index is 5.99. The zero-order valence-corrected chi connectivity index (χ0v) is 10.2. The fraction of sp³-hybridized carbons (Fsp3) is 0.400. The van der Waals surface area contributed by atoms with E-state index in [0.29, 0.717) is 22.5 Å². The number of hydrogen-bond acceptors (Lipinski definition) is 3.